The summed E-state index contributed by atoms with van der Waals surface area (Å²) in [5.74, 6) is 0.876. The largest absolute Gasteiger partial charge is 1.00 e. The van der Waals surface area contributed by atoms with Crippen LogP contribution in [0.25, 0.3) is 0 Å². The lowest BCUT2D eigenvalue weighted by atomic mass is 10.0. The lowest BCUT2D eigenvalue weighted by Gasteiger charge is -2.23. The van der Waals surface area contributed by atoms with Crippen molar-refractivity contribution in [2.75, 3.05) is 34.5 Å². The van der Waals surface area contributed by atoms with Crippen LogP contribution in [-0.4, -0.2) is 44.6 Å². The number of likely N-dealkylation sites (N-methyl/N-ethyl adjacent to an activating group) is 1. The summed E-state index contributed by atoms with van der Waals surface area (Å²) in [6.07, 6.45) is 3.86. The number of hydrogen-bond donors (Lipinski definition) is 0. The first-order valence-electron chi connectivity index (χ1n) is 4.79. The first-order valence-corrected chi connectivity index (χ1v) is 4.79. The Hall–Kier alpha value is -0.0700. The summed E-state index contributed by atoms with van der Waals surface area (Å²) in [4.78, 5) is 0. The average Bonchev–Trinajstić information content (AvgIpc) is 2.43. The van der Waals surface area contributed by atoms with E-state index in [4.69, 9.17) is 9.47 Å². The molecule has 88 valence electrons. The minimum atomic E-state index is -0.435. The van der Waals surface area contributed by atoms with Gasteiger partial charge in [-0.1, -0.05) is 12.7 Å². The van der Waals surface area contributed by atoms with Crippen LogP contribution in [0.1, 0.15) is 6.92 Å². The van der Waals surface area contributed by atoms with Crippen LogP contribution in [0.3, 0.4) is 0 Å². The van der Waals surface area contributed by atoms with Crippen LogP contribution in [0.5, 0.6) is 0 Å². The van der Waals surface area contributed by atoms with Crippen LogP contribution in [0.4, 0.5) is 0 Å². The van der Waals surface area contributed by atoms with Crippen LogP contribution in [-0.2, 0) is 9.47 Å². The SMILES string of the molecule is C=CC1(C)OCO/C1=C\C[N+](C)(C)C.[I-]. The molecule has 1 fully saturated rings. The molecule has 0 aromatic carbocycles. The molecule has 3 nitrogen and oxygen atoms in total. The van der Waals surface area contributed by atoms with Gasteiger partial charge in [0.1, 0.15) is 17.9 Å². The van der Waals surface area contributed by atoms with E-state index in [2.05, 4.69) is 33.8 Å². The summed E-state index contributed by atoms with van der Waals surface area (Å²) in [5, 5.41) is 0. The van der Waals surface area contributed by atoms with Gasteiger partial charge in [-0.05, 0) is 6.92 Å². The van der Waals surface area contributed by atoms with Crippen molar-refractivity contribution < 1.29 is 37.9 Å². The number of halogens is 1. The summed E-state index contributed by atoms with van der Waals surface area (Å²) in [7, 11) is 6.41. The standard InChI is InChI=1S/C11H20NO2.HI/c1-6-11(2)10(13-9-14-11)7-8-12(3,4)5;/h6-7H,1,8-9H2,2-5H3;1H/q+1;/p-1/b10-7-;. The van der Waals surface area contributed by atoms with Crippen LogP contribution >= 0.6 is 0 Å². The minimum absolute atomic E-state index is 0. The van der Waals surface area contributed by atoms with Crippen molar-refractivity contribution in [3.05, 3.63) is 24.5 Å². The molecular formula is C11H20INO2. The summed E-state index contributed by atoms with van der Waals surface area (Å²) >= 11 is 0. The lowest BCUT2D eigenvalue weighted by molar-refractivity contribution is -0.864. The Bertz CT molecular complexity index is 258. The molecule has 1 aliphatic rings. The summed E-state index contributed by atoms with van der Waals surface area (Å²) in [5.41, 5.74) is -0.435. The second kappa shape index (κ2) is 5.32. The molecule has 0 bridgehead atoms. The Morgan fingerprint density at radius 3 is 2.53 bits per heavy atom. The van der Waals surface area contributed by atoms with Gasteiger partial charge < -0.3 is 37.9 Å². The van der Waals surface area contributed by atoms with Gasteiger partial charge >= 0.3 is 0 Å². The summed E-state index contributed by atoms with van der Waals surface area (Å²) < 4.78 is 11.7. The fraction of sp³-hybridized carbons (Fsp3) is 0.636. The molecule has 1 saturated heterocycles. The van der Waals surface area contributed by atoms with Crippen molar-refractivity contribution in [3.8, 4) is 0 Å². The first-order chi connectivity index (χ1) is 6.37. The molecule has 0 aliphatic carbocycles. The molecule has 1 heterocycles. The van der Waals surface area contributed by atoms with E-state index in [9.17, 15) is 0 Å². The van der Waals surface area contributed by atoms with Gasteiger partial charge in [0, 0.05) is 6.08 Å². The second-order valence-electron chi connectivity index (χ2n) is 4.76. The van der Waals surface area contributed by atoms with E-state index in [1.54, 1.807) is 6.08 Å². The third kappa shape index (κ3) is 4.12. The number of rotatable bonds is 3. The molecule has 4 heteroatoms. The van der Waals surface area contributed by atoms with E-state index in [1.807, 2.05) is 6.92 Å². The number of quaternary nitrogens is 1. The number of ether oxygens (including phenoxy) is 2. The Labute approximate surface area is 109 Å². The van der Waals surface area contributed by atoms with Crippen LogP contribution in [0.15, 0.2) is 24.5 Å². The fourth-order valence-corrected chi connectivity index (χ4v) is 1.21. The molecule has 15 heavy (non-hydrogen) atoms. The first kappa shape index (κ1) is 14.9. The maximum atomic E-state index is 5.45. The van der Waals surface area contributed by atoms with Gasteiger partial charge in [-0.2, -0.15) is 0 Å². The molecule has 0 N–H and O–H groups in total. The van der Waals surface area contributed by atoms with Gasteiger partial charge in [0.2, 0.25) is 0 Å². The predicted octanol–water partition coefficient (Wildman–Crippen LogP) is -1.47. The van der Waals surface area contributed by atoms with E-state index in [0.717, 1.165) is 16.8 Å². The van der Waals surface area contributed by atoms with Crippen molar-refractivity contribution in [1.82, 2.24) is 0 Å². The average molecular weight is 325 g/mol. The van der Waals surface area contributed by atoms with Gasteiger partial charge in [0.25, 0.3) is 0 Å². The maximum absolute atomic E-state index is 5.45. The molecule has 1 rings (SSSR count). The van der Waals surface area contributed by atoms with E-state index in [1.165, 1.54) is 0 Å². The summed E-state index contributed by atoms with van der Waals surface area (Å²) in [6.45, 7) is 6.97. The van der Waals surface area contributed by atoms with E-state index >= 15 is 0 Å². The highest BCUT2D eigenvalue weighted by Gasteiger charge is 2.34. The second-order valence-corrected chi connectivity index (χ2v) is 4.76. The van der Waals surface area contributed by atoms with Crippen molar-refractivity contribution in [2.24, 2.45) is 0 Å². The van der Waals surface area contributed by atoms with Gasteiger partial charge in [-0.15, -0.1) is 0 Å². The minimum Gasteiger partial charge on any atom is -1.00 e. The Morgan fingerprint density at radius 2 is 2.07 bits per heavy atom. The highest BCUT2D eigenvalue weighted by Crippen LogP contribution is 2.29. The topological polar surface area (TPSA) is 18.5 Å². The van der Waals surface area contributed by atoms with Crippen molar-refractivity contribution in [2.45, 2.75) is 12.5 Å². The highest BCUT2D eigenvalue weighted by molar-refractivity contribution is 5.19. The molecule has 0 aromatic rings. The molecule has 0 saturated carbocycles. The third-order valence-corrected chi connectivity index (χ3v) is 2.28. The van der Waals surface area contributed by atoms with Crippen LogP contribution in [0.2, 0.25) is 0 Å². The molecule has 1 atom stereocenters. The van der Waals surface area contributed by atoms with Crippen molar-refractivity contribution in [1.29, 1.82) is 0 Å². The van der Waals surface area contributed by atoms with E-state index in [0.29, 0.717) is 6.79 Å². The Balaban J connectivity index is 0.00000196. The fourth-order valence-electron chi connectivity index (χ4n) is 1.21. The smallest absolute Gasteiger partial charge is 0.190 e. The highest BCUT2D eigenvalue weighted by atomic mass is 127. The molecule has 0 spiro atoms. The maximum Gasteiger partial charge on any atom is 0.190 e. The zero-order valence-electron chi connectivity index (χ0n) is 9.92. The number of nitrogens with zero attached hydrogens (tertiary/aromatic N) is 1. The van der Waals surface area contributed by atoms with Gasteiger partial charge in [-0.3, -0.25) is 0 Å². The molecule has 0 aromatic heterocycles. The van der Waals surface area contributed by atoms with E-state index in [-0.39, 0.29) is 24.0 Å². The van der Waals surface area contributed by atoms with Gasteiger partial charge in [0.05, 0.1) is 21.1 Å². The molecule has 1 unspecified atom stereocenters. The zero-order chi connectivity index (χ0) is 10.8. The van der Waals surface area contributed by atoms with Gasteiger partial charge in [0.15, 0.2) is 6.79 Å². The van der Waals surface area contributed by atoms with Crippen LogP contribution < -0.4 is 24.0 Å². The Kier molecular flexibility index (Phi) is 5.29. The molecule has 0 amide bonds. The van der Waals surface area contributed by atoms with Crippen LogP contribution in [0, 0.1) is 0 Å². The van der Waals surface area contributed by atoms with E-state index < -0.39 is 5.60 Å². The number of hydrogen-bond acceptors (Lipinski definition) is 2. The van der Waals surface area contributed by atoms with Crippen molar-refractivity contribution in [3.63, 3.8) is 0 Å². The molecule has 0 radical (unpaired) electrons. The lowest BCUT2D eigenvalue weighted by Crippen LogP contribution is -3.00. The third-order valence-electron chi connectivity index (χ3n) is 2.28. The quantitative estimate of drug-likeness (QED) is 0.358. The normalized spacial score (nSPS) is 28.4. The monoisotopic (exact) mass is 325 g/mol. The molecule has 1 aliphatic heterocycles. The van der Waals surface area contributed by atoms with Crippen molar-refractivity contribution >= 4 is 0 Å². The zero-order valence-corrected chi connectivity index (χ0v) is 12.1. The van der Waals surface area contributed by atoms with Gasteiger partial charge in [-0.25, -0.2) is 0 Å². The molecular weight excluding hydrogens is 305 g/mol. The Morgan fingerprint density at radius 1 is 1.47 bits per heavy atom. The summed E-state index contributed by atoms with van der Waals surface area (Å²) in [6, 6.07) is 0. The predicted molar refractivity (Wildman–Crippen MR) is 56.6 cm³/mol.